The maximum absolute atomic E-state index is 6.38. The number of methoxy groups -OCH3 is 1. The Morgan fingerprint density at radius 1 is 1.03 bits per heavy atom. The lowest BCUT2D eigenvalue weighted by Crippen LogP contribution is -2.49. The summed E-state index contributed by atoms with van der Waals surface area (Å²) in [5.74, 6) is 2.05. The van der Waals surface area contributed by atoms with Crippen molar-refractivity contribution in [3.05, 3.63) is 41.7 Å². The number of hydrogen-bond donors (Lipinski definition) is 2. The Kier molecular flexibility index (Phi) is 5.51. The molecule has 0 atom stereocenters. The predicted molar refractivity (Wildman–Crippen MR) is 131 cm³/mol. The molecule has 32 heavy (non-hydrogen) atoms. The van der Waals surface area contributed by atoms with Gasteiger partial charge in [-0.05, 0) is 37.5 Å². The summed E-state index contributed by atoms with van der Waals surface area (Å²) in [4.78, 5) is 20.2. The summed E-state index contributed by atoms with van der Waals surface area (Å²) >= 11 is 6.38. The maximum Gasteiger partial charge on any atom is 0.242 e. The molecule has 10 heteroatoms. The van der Waals surface area contributed by atoms with Crippen LogP contribution in [0.4, 0.5) is 29.1 Å². The first-order valence-corrected chi connectivity index (χ1v) is 13.1. The molecule has 8 nitrogen and oxygen atoms in total. The quantitative estimate of drug-likeness (QED) is 0.493. The molecule has 1 saturated heterocycles. The number of benzene rings is 1. The van der Waals surface area contributed by atoms with E-state index in [4.69, 9.17) is 16.3 Å². The first-order chi connectivity index (χ1) is 15.5. The number of anilines is 5. The summed E-state index contributed by atoms with van der Waals surface area (Å²) in [6.45, 7) is 6.48. The Bertz CT molecular complexity index is 1150. The third-order valence-electron chi connectivity index (χ3n) is 5.86. The molecule has 166 valence electrons. The van der Waals surface area contributed by atoms with Crippen molar-refractivity contribution in [2.24, 2.45) is 5.41 Å². The highest BCUT2D eigenvalue weighted by molar-refractivity contribution is 7.64. The number of halogens is 1. The van der Waals surface area contributed by atoms with Gasteiger partial charge in [-0.25, -0.2) is 9.97 Å². The van der Waals surface area contributed by atoms with Gasteiger partial charge in [0.15, 0.2) is 5.82 Å². The zero-order valence-electron chi connectivity index (χ0n) is 18.3. The molecular weight excluding hydrogens is 445 g/mol. The normalized spacial score (nSPS) is 16.1. The van der Waals surface area contributed by atoms with Gasteiger partial charge in [0.25, 0.3) is 0 Å². The molecule has 1 aromatic carbocycles. The van der Waals surface area contributed by atoms with Gasteiger partial charge in [-0.3, -0.25) is 0 Å². The summed E-state index contributed by atoms with van der Waals surface area (Å²) < 4.78 is 5.50. The topological polar surface area (TPSA) is 88.1 Å². The van der Waals surface area contributed by atoms with Crippen LogP contribution in [0.15, 0.2) is 36.7 Å². The van der Waals surface area contributed by atoms with Crippen molar-refractivity contribution in [2.75, 3.05) is 49.1 Å². The van der Waals surface area contributed by atoms with E-state index in [1.807, 2.05) is 18.2 Å². The smallest absolute Gasteiger partial charge is 0.242 e. The van der Waals surface area contributed by atoms with Crippen molar-refractivity contribution >= 4 is 53.9 Å². The van der Waals surface area contributed by atoms with E-state index in [0.29, 0.717) is 39.7 Å². The fourth-order valence-corrected chi connectivity index (χ4v) is 5.02. The highest BCUT2D eigenvalue weighted by Gasteiger charge is 2.53. The molecule has 1 aliphatic heterocycles. The lowest BCUT2D eigenvalue weighted by Gasteiger charge is -2.39. The average molecular weight is 470 g/mol. The van der Waals surface area contributed by atoms with E-state index in [9.17, 15) is 0 Å². The molecule has 1 spiro atoms. The van der Waals surface area contributed by atoms with Gasteiger partial charge >= 0.3 is 0 Å². The maximum atomic E-state index is 6.38. The minimum Gasteiger partial charge on any atom is -0.479 e. The third-order valence-corrected chi connectivity index (χ3v) is 7.49. The standard InChI is InChI=1S/C22H25ClN7OP/c1-31-19-16(11-25-21(29-19)30-12-22(13-30)8-9-22)27-20-24-10-14(23)18(28-20)26-15-6-4-5-7-17(15)32(2)3/h4-7,10-11H,8-9,12-13H2,1-3H3,(H2,24,26,27,28). The fourth-order valence-electron chi connectivity index (χ4n) is 3.88. The number of hydrogen-bond acceptors (Lipinski definition) is 8. The molecule has 3 aromatic rings. The van der Waals surface area contributed by atoms with Crippen LogP contribution >= 0.6 is 19.5 Å². The predicted octanol–water partition coefficient (Wildman–Crippen LogP) is 4.38. The van der Waals surface area contributed by atoms with Crippen molar-refractivity contribution in [3.63, 3.8) is 0 Å². The lowest BCUT2D eigenvalue weighted by atomic mass is 9.98. The van der Waals surface area contributed by atoms with Gasteiger partial charge < -0.3 is 20.3 Å². The van der Waals surface area contributed by atoms with E-state index < -0.39 is 0 Å². The summed E-state index contributed by atoms with van der Waals surface area (Å²) in [7, 11) is 1.31. The van der Waals surface area contributed by atoms with Gasteiger partial charge in [-0.2, -0.15) is 9.97 Å². The third kappa shape index (κ3) is 4.17. The summed E-state index contributed by atoms with van der Waals surface area (Å²) in [6.07, 6.45) is 5.90. The first kappa shape index (κ1) is 21.2. The molecule has 3 heterocycles. The molecule has 5 rings (SSSR count). The number of rotatable bonds is 7. The van der Waals surface area contributed by atoms with Crippen LogP contribution in [0.1, 0.15) is 12.8 Å². The van der Waals surface area contributed by atoms with Crippen LogP contribution in [0.2, 0.25) is 5.02 Å². The molecule has 2 N–H and O–H groups in total. The first-order valence-electron chi connectivity index (χ1n) is 10.5. The molecule has 0 radical (unpaired) electrons. The molecule has 1 aliphatic carbocycles. The van der Waals surface area contributed by atoms with Crippen LogP contribution in [-0.4, -0.2) is 53.5 Å². The number of aromatic nitrogens is 4. The SMILES string of the molecule is COc1nc(N2CC3(CC3)C2)ncc1Nc1ncc(Cl)c(Nc2ccccc2P(C)C)n1. The van der Waals surface area contributed by atoms with Crippen LogP contribution in [-0.2, 0) is 0 Å². The van der Waals surface area contributed by atoms with Crippen LogP contribution in [0.3, 0.4) is 0 Å². The highest BCUT2D eigenvalue weighted by atomic mass is 35.5. The monoisotopic (exact) mass is 469 g/mol. The van der Waals surface area contributed by atoms with Crippen molar-refractivity contribution in [2.45, 2.75) is 12.8 Å². The van der Waals surface area contributed by atoms with Crippen LogP contribution in [0.5, 0.6) is 5.88 Å². The molecule has 2 aliphatic rings. The summed E-state index contributed by atoms with van der Waals surface area (Å²) in [5.41, 5.74) is 2.12. The molecule has 2 aromatic heterocycles. The van der Waals surface area contributed by atoms with Crippen molar-refractivity contribution in [3.8, 4) is 5.88 Å². The minimum atomic E-state index is -0.286. The van der Waals surface area contributed by atoms with E-state index in [2.05, 4.69) is 54.9 Å². The molecule has 0 bridgehead atoms. The second-order valence-corrected chi connectivity index (χ2v) is 11.2. The van der Waals surface area contributed by atoms with Gasteiger partial charge in [-0.15, -0.1) is 0 Å². The molecule has 0 unspecified atom stereocenters. The van der Waals surface area contributed by atoms with Gasteiger partial charge in [0.2, 0.25) is 17.8 Å². The van der Waals surface area contributed by atoms with E-state index in [0.717, 1.165) is 18.8 Å². The van der Waals surface area contributed by atoms with Crippen molar-refractivity contribution in [1.29, 1.82) is 0 Å². The van der Waals surface area contributed by atoms with Crippen molar-refractivity contribution < 1.29 is 4.74 Å². The second kappa shape index (κ2) is 8.34. The molecule has 0 amide bonds. The summed E-state index contributed by atoms with van der Waals surface area (Å²) in [6, 6.07) is 8.18. The van der Waals surface area contributed by atoms with Crippen molar-refractivity contribution in [1.82, 2.24) is 19.9 Å². The van der Waals surface area contributed by atoms with E-state index in [1.165, 1.54) is 18.1 Å². The van der Waals surface area contributed by atoms with Crippen LogP contribution in [0.25, 0.3) is 0 Å². The molecule has 1 saturated carbocycles. The Morgan fingerprint density at radius 2 is 1.81 bits per heavy atom. The average Bonchev–Trinajstić information content (AvgIpc) is 3.57. The zero-order chi connectivity index (χ0) is 22.3. The van der Waals surface area contributed by atoms with Gasteiger partial charge in [0.05, 0.1) is 19.5 Å². The molecule has 2 fully saturated rings. The number of para-hydroxylation sites is 1. The Morgan fingerprint density at radius 3 is 2.53 bits per heavy atom. The second-order valence-electron chi connectivity index (χ2n) is 8.50. The Balaban J connectivity index is 1.36. The number of ether oxygens (including phenoxy) is 1. The summed E-state index contributed by atoms with van der Waals surface area (Å²) in [5, 5.41) is 8.20. The van der Waals surface area contributed by atoms with Gasteiger partial charge in [0.1, 0.15) is 10.7 Å². The molecular formula is C22H25ClN7OP. The number of nitrogens with zero attached hydrogens (tertiary/aromatic N) is 5. The van der Waals surface area contributed by atoms with Crippen LogP contribution in [0, 0.1) is 5.41 Å². The lowest BCUT2D eigenvalue weighted by molar-refractivity contribution is 0.371. The van der Waals surface area contributed by atoms with Gasteiger partial charge in [-0.1, -0.05) is 37.7 Å². The zero-order valence-corrected chi connectivity index (χ0v) is 19.9. The number of nitrogens with one attached hydrogen (secondary N) is 2. The minimum absolute atomic E-state index is 0.286. The van der Waals surface area contributed by atoms with E-state index in [1.54, 1.807) is 19.5 Å². The van der Waals surface area contributed by atoms with Gasteiger partial charge in [0, 0.05) is 24.2 Å². The highest BCUT2D eigenvalue weighted by Crippen LogP contribution is 2.53. The Labute approximate surface area is 193 Å². The van der Waals surface area contributed by atoms with Crippen LogP contribution < -0.4 is 25.6 Å². The Hall–Kier alpha value is -2.70. The van der Waals surface area contributed by atoms with E-state index >= 15 is 0 Å². The van der Waals surface area contributed by atoms with E-state index in [-0.39, 0.29) is 7.92 Å². The largest absolute Gasteiger partial charge is 0.479 e. The fraction of sp³-hybridized carbons (Fsp3) is 0.364.